The van der Waals surface area contributed by atoms with Gasteiger partial charge in [-0.3, -0.25) is 4.79 Å². The van der Waals surface area contributed by atoms with Gasteiger partial charge in [-0.25, -0.2) is 0 Å². The predicted octanol–water partition coefficient (Wildman–Crippen LogP) is 2.82. The molecule has 0 radical (unpaired) electrons. The van der Waals surface area contributed by atoms with Gasteiger partial charge in [-0.15, -0.1) is 0 Å². The molecule has 6 heteroatoms. The second kappa shape index (κ2) is 6.70. The Hall–Kier alpha value is -2.89. The number of fused-ring (bicyclic) bond motifs is 1. The summed E-state index contributed by atoms with van der Waals surface area (Å²) in [6, 6.07) is 10.5. The fraction of sp³-hybridized carbons (Fsp3) is 0.278. The molecule has 1 aliphatic heterocycles. The van der Waals surface area contributed by atoms with E-state index >= 15 is 0 Å². The molecule has 1 N–H and O–H groups in total. The average molecular weight is 330 g/mol. The summed E-state index contributed by atoms with van der Waals surface area (Å²) in [7, 11) is 2.93. The number of rotatable bonds is 5. The molecular weight excluding hydrogens is 312 g/mol. The number of carbonyl (C=O) groups is 1. The number of aromatic hydroxyl groups is 1. The summed E-state index contributed by atoms with van der Waals surface area (Å²) < 4.78 is 20.6. The van der Waals surface area contributed by atoms with Crippen molar-refractivity contribution in [3.8, 4) is 23.0 Å². The van der Waals surface area contributed by atoms with E-state index in [1.54, 1.807) is 13.2 Å². The third-order valence-electron chi connectivity index (χ3n) is 4.01. The summed E-state index contributed by atoms with van der Waals surface area (Å²) in [6.07, 6.45) is 0.0933. The van der Waals surface area contributed by atoms with Crippen molar-refractivity contribution in [3.63, 3.8) is 0 Å². The van der Waals surface area contributed by atoms with Gasteiger partial charge < -0.3 is 24.1 Å². The third kappa shape index (κ3) is 3.08. The van der Waals surface area contributed by atoms with E-state index in [4.69, 9.17) is 18.9 Å². The lowest BCUT2D eigenvalue weighted by Crippen LogP contribution is -2.10. The zero-order valence-electron chi connectivity index (χ0n) is 13.4. The Morgan fingerprint density at radius 1 is 1.17 bits per heavy atom. The molecule has 0 spiro atoms. The summed E-state index contributed by atoms with van der Waals surface area (Å²) >= 11 is 0. The first-order chi connectivity index (χ1) is 11.6. The molecule has 1 atom stereocenters. The van der Waals surface area contributed by atoms with Crippen LogP contribution in [0.1, 0.15) is 23.5 Å². The van der Waals surface area contributed by atoms with Crippen LogP contribution in [0.5, 0.6) is 23.0 Å². The molecule has 6 nitrogen and oxygen atoms in total. The fourth-order valence-electron chi connectivity index (χ4n) is 2.72. The van der Waals surface area contributed by atoms with E-state index in [0.717, 1.165) is 5.56 Å². The zero-order valence-corrected chi connectivity index (χ0v) is 13.4. The van der Waals surface area contributed by atoms with Gasteiger partial charge in [0, 0.05) is 17.5 Å². The number of phenolic OH excluding ortho intramolecular Hbond substituents is 1. The van der Waals surface area contributed by atoms with E-state index in [2.05, 4.69) is 0 Å². The summed E-state index contributed by atoms with van der Waals surface area (Å²) in [5.41, 5.74) is 1.44. The molecule has 3 rings (SSSR count). The summed E-state index contributed by atoms with van der Waals surface area (Å²) in [5.74, 6) is 1.05. The summed E-state index contributed by atoms with van der Waals surface area (Å²) in [5, 5.41) is 10.4. The second-order valence-electron chi connectivity index (χ2n) is 5.37. The van der Waals surface area contributed by atoms with E-state index in [0.29, 0.717) is 22.8 Å². The Morgan fingerprint density at radius 2 is 1.83 bits per heavy atom. The van der Waals surface area contributed by atoms with E-state index in [1.165, 1.54) is 13.2 Å². The molecule has 1 heterocycles. The lowest BCUT2D eigenvalue weighted by Gasteiger charge is -2.19. The normalized spacial score (nSPS) is 13.4. The van der Waals surface area contributed by atoms with Crippen LogP contribution in [0.15, 0.2) is 36.4 Å². The minimum absolute atomic E-state index is 0.0453. The molecule has 2 aromatic carbocycles. The highest BCUT2D eigenvalue weighted by molar-refractivity contribution is 5.72. The lowest BCUT2D eigenvalue weighted by molar-refractivity contribution is -0.140. The van der Waals surface area contributed by atoms with E-state index < -0.39 is 0 Å². The van der Waals surface area contributed by atoms with Gasteiger partial charge in [0.15, 0.2) is 11.5 Å². The van der Waals surface area contributed by atoms with Gasteiger partial charge in [0.1, 0.15) is 11.5 Å². The van der Waals surface area contributed by atoms with Crippen molar-refractivity contribution >= 4 is 5.97 Å². The van der Waals surface area contributed by atoms with Crippen molar-refractivity contribution < 1.29 is 28.8 Å². The van der Waals surface area contributed by atoms with Gasteiger partial charge >= 0.3 is 5.97 Å². The van der Waals surface area contributed by atoms with Crippen molar-refractivity contribution in [2.75, 3.05) is 21.0 Å². The topological polar surface area (TPSA) is 74.2 Å². The Morgan fingerprint density at radius 3 is 2.46 bits per heavy atom. The van der Waals surface area contributed by atoms with Crippen LogP contribution in [0.25, 0.3) is 0 Å². The van der Waals surface area contributed by atoms with Crippen LogP contribution in [0.4, 0.5) is 0 Å². The molecule has 2 aromatic rings. The van der Waals surface area contributed by atoms with Gasteiger partial charge in [-0.2, -0.15) is 0 Å². The standard InChI is InChI=1S/C18H18O6/c1-21-12-5-3-11(4-6-12)13(8-18(20)22-2)14-7-16-17(9-15(14)19)24-10-23-16/h3-7,9,13,19H,8,10H2,1-2H3/t13-/m0/s1. The molecule has 0 saturated heterocycles. The van der Waals surface area contributed by atoms with Crippen LogP contribution in [-0.2, 0) is 9.53 Å². The Labute approximate surface area is 139 Å². The average Bonchev–Trinajstić information content (AvgIpc) is 3.06. The van der Waals surface area contributed by atoms with Crippen LogP contribution < -0.4 is 14.2 Å². The highest BCUT2D eigenvalue weighted by atomic mass is 16.7. The summed E-state index contributed by atoms with van der Waals surface area (Å²) in [4.78, 5) is 11.9. The number of ether oxygens (including phenoxy) is 4. The van der Waals surface area contributed by atoms with E-state index in [1.807, 2.05) is 24.3 Å². The zero-order chi connectivity index (χ0) is 17.1. The number of benzene rings is 2. The maximum Gasteiger partial charge on any atom is 0.306 e. The minimum Gasteiger partial charge on any atom is -0.508 e. The molecule has 0 aliphatic carbocycles. The van der Waals surface area contributed by atoms with E-state index in [-0.39, 0.29) is 30.9 Å². The number of carbonyl (C=O) groups excluding carboxylic acids is 1. The molecule has 0 unspecified atom stereocenters. The fourth-order valence-corrected chi connectivity index (χ4v) is 2.72. The largest absolute Gasteiger partial charge is 0.508 e. The van der Waals surface area contributed by atoms with Crippen molar-refractivity contribution in [1.29, 1.82) is 0 Å². The molecule has 0 saturated carbocycles. The smallest absolute Gasteiger partial charge is 0.306 e. The van der Waals surface area contributed by atoms with Crippen LogP contribution in [-0.4, -0.2) is 32.1 Å². The van der Waals surface area contributed by atoms with Crippen molar-refractivity contribution in [3.05, 3.63) is 47.5 Å². The molecule has 126 valence electrons. The monoisotopic (exact) mass is 330 g/mol. The SMILES string of the molecule is COC(=O)C[C@@H](c1ccc(OC)cc1)c1cc2c(cc1O)OCO2. The third-order valence-corrected chi connectivity index (χ3v) is 4.01. The Kier molecular flexibility index (Phi) is 4.46. The van der Waals surface area contributed by atoms with Gasteiger partial charge in [0.2, 0.25) is 6.79 Å². The molecule has 0 amide bonds. The minimum atomic E-state index is -0.377. The highest BCUT2D eigenvalue weighted by Gasteiger charge is 2.25. The van der Waals surface area contributed by atoms with Crippen LogP contribution >= 0.6 is 0 Å². The van der Waals surface area contributed by atoms with Gasteiger partial charge in [-0.1, -0.05) is 12.1 Å². The molecule has 0 aromatic heterocycles. The lowest BCUT2D eigenvalue weighted by atomic mass is 9.87. The maximum atomic E-state index is 11.9. The first kappa shape index (κ1) is 16.0. The number of methoxy groups -OCH3 is 2. The van der Waals surface area contributed by atoms with Crippen molar-refractivity contribution in [2.45, 2.75) is 12.3 Å². The van der Waals surface area contributed by atoms with Crippen LogP contribution in [0.3, 0.4) is 0 Å². The van der Waals surface area contributed by atoms with Gasteiger partial charge in [0.05, 0.1) is 20.6 Å². The van der Waals surface area contributed by atoms with Gasteiger partial charge in [-0.05, 0) is 23.8 Å². The number of hydrogen-bond acceptors (Lipinski definition) is 6. The van der Waals surface area contributed by atoms with Crippen LogP contribution in [0, 0.1) is 0 Å². The molecule has 1 aliphatic rings. The van der Waals surface area contributed by atoms with Crippen molar-refractivity contribution in [1.82, 2.24) is 0 Å². The van der Waals surface area contributed by atoms with E-state index in [9.17, 15) is 9.90 Å². The maximum absolute atomic E-state index is 11.9. The molecule has 0 fully saturated rings. The van der Waals surface area contributed by atoms with Crippen LogP contribution in [0.2, 0.25) is 0 Å². The first-order valence-corrected chi connectivity index (χ1v) is 7.45. The Bertz CT molecular complexity index is 738. The molecule has 0 bridgehead atoms. The highest BCUT2D eigenvalue weighted by Crippen LogP contribution is 2.43. The van der Waals surface area contributed by atoms with Gasteiger partial charge in [0.25, 0.3) is 0 Å². The molecular formula is C18H18O6. The Balaban J connectivity index is 2.02. The quantitative estimate of drug-likeness (QED) is 0.850. The number of phenols is 1. The second-order valence-corrected chi connectivity index (χ2v) is 5.37. The first-order valence-electron chi connectivity index (χ1n) is 7.45. The number of hydrogen-bond donors (Lipinski definition) is 1. The number of esters is 1. The van der Waals surface area contributed by atoms with Crippen molar-refractivity contribution in [2.24, 2.45) is 0 Å². The summed E-state index contributed by atoms with van der Waals surface area (Å²) in [6.45, 7) is 0.114. The molecule has 24 heavy (non-hydrogen) atoms. The predicted molar refractivity (Wildman–Crippen MR) is 85.7 cm³/mol.